The maximum Gasteiger partial charge on any atom is -0.0321 e. The van der Waals surface area contributed by atoms with Crippen LogP contribution in [0.15, 0.2) is 0 Å². The van der Waals surface area contributed by atoms with Crippen LogP contribution in [0.25, 0.3) is 0 Å². The highest BCUT2D eigenvalue weighted by molar-refractivity contribution is 4.82. The molecule has 0 aromatic heterocycles. The highest BCUT2D eigenvalue weighted by Gasteiger charge is 2.30. The largest absolute Gasteiger partial charge is 0.0628 e. The molecule has 0 N–H and O–H groups in total. The Kier molecular flexibility index (Phi) is 3.20. The molecule has 0 saturated heterocycles. The van der Waals surface area contributed by atoms with Gasteiger partial charge < -0.3 is 0 Å². The average molecular weight is 168 g/mol. The Labute approximate surface area is 77.7 Å². The molecule has 0 aromatic carbocycles. The molecule has 1 saturated carbocycles. The summed E-state index contributed by atoms with van der Waals surface area (Å²) in [6.07, 6.45) is 7.29. The van der Waals surface area contributed by atoms with E-state index >= 15 is 0 Å². The smallest absolute Gasteiger partial charge is 0.0321 e. The van der Waals surface area contributed by atoms with Gasteiger partial charge in [-0.2, -0.15) is 0 Å². The number of hydrogen-bond donors (Lipinski definition) is 0. The Bertz CT molecular complexity index is 133. The van der Waals surface area contributed by atoms with Gasteiger partial charge in [-0.3, -0.25) is 0 Å². The maximum atomic E-state index is 2.49. The SMILES string of the molecule is CC(C)CC1(C)CCCC(C)C1. The third kappa shape index (κ3) is 2.80. The van der Waals surface area contributed by atoms with Crippen molar-refractivity contribution in [3.05, 3.63) is 0 Å². The molecule has 2 unspecified atom stereocenters. The van der Waals surface area contributed by atoms with E-state index in [1.54, 1.807) is 0 Å². The minimum absolute atomic E-state index is 0.672. The first-order chi connectivity index (χ1) is 5.52. The summed E-state index contributed by atoms with van der Waals surface area (Å²) in [4.78, 5) is 0. The Morgan fingerprint density at radius 3 is 2.58 bits per heavy atom. The van der Waals surface area contributed by atoms with Crippen LogP contribution in [0.4, 0.5) is 0 Å². The zero-order chi connectivity index (χ0) is 9.19. The minimum atomic E-state index is 0.672. The molecule has 1 aliphatic carbocycles. The van der Waals surface area contributed by atoms with Crippen LogP contribution in [0, 0.1) is 17.3 Å². The second-order valence-electron chi connectivity index (χ2n) is 5.61. The summed E-state index contributed by atoms with van der Waals surface area (Å²) in [5.41, 5.74) is 0.672. The molecule has 2 atom stereocenters. The van der Waals surface area contributed by atoms with Crippen molar-refractivity contribution in [1.82, 2.24) is 0 Å². The fourth-order valence-corrected chi connectivity index (χ4v) is 3.09. The second-order valence-corrected chi connectivity index (χ2v) is 5.61. The van der Waals surface area contributed by atoms with Crippen LogP contribution in [0.5, 0.6) is 0 Å². The van der Waals surface area contributed by atoms with E-state index in [9.17, 15) is 0 Å². The van der Waals surface area contributed by atoms with Crippen LogP contribution in [-0.2, 0) is 0 Å². The molecule has 0 bridgehead atoms. The van der Waals surface area contributed by atoms with E-state index in [1.165, 1.54) is 32.1 Å². The van der Waals surface area contributed by atoms with Crippen molar-refractivity contribution >= 4 is 0 Å². The molecule has 0 aliphatic heterocycles. The third-order valence-corrected chi connectivity index (χ3v) is 3.22. The van der Waals surface area contributed by atoms with Gasteiger partial charge in [-0.25, -0.2) is 0 Å². The Balaban J connectivity index is 2.45. The Hall–Kier alpha value is 0. The van der Waals surface area contributed by atoms with Crippen molar-refractivity contribution < 1.29 is 0 Å². The summed E-state index contributed by atoms with van der Waals surface area (Å²) < 4.78 is 0. The summed E-state index contributed by atoms with van der Waals surface area (Å²) in [5.74, 6) is 1.85. The summed E-state index contributed by atoms with van der Waals surface area (Å²) in [6.45, 7) is 9.61. The van der Waals surface area contributed by atoms with Gasteiger partial charge in [0, 0.05) is 0 Å². The molecule has 1 fully saturated rings. The van der Waals surface area contributed by atoms with Crippen LogP contribution < -0.4 is 0 Å². The van der Waals surface area contributed by atoms with E-state index < -0.39 is 0 Å². The molecule has 12 heavy (non-hydrogen) atoms. The third-order valence-electron chi connectivity index (χ3n) is 3.22. The van der Waals surface area contributed by atoms with Crippen molar-refractivity contribution in [2.24, 2.45) is 17.3 Å². The first-order valence-corrected chi connectivity index (χ1v) is 5.52. The summed E-state index contributed by atoms with van der Waals surface area (Å²) in [7, 11) is 0. The number of rotatable bonds is 2. The van der Waals surface area contributed by atoms with Gasteiger partial charge >= 0.3 is 0 Å². The van der Waals surface area contributed by atoms with Gasteiger partial charge in [0.05, 0.1) is 0 Å². The lowest BCUT2D eigenvalue weighted by molar-refractivity contribution is 0.137. The molecule has 72 valence electrons. The molecule has 0 radical (unpaired) electrons. The molecule has 0 heteroatoms. The molecule has 1 rings (SSSR count). The summed E-state index contributed by atoms with van der Waals surface area (Å²) >= 11 is 0. The van der Waals surface area contributed by atoms with E-state index in [1.807, 2.05) is 0 Å². The zero-order valence-electron chi connectivity index (χ0n) is 9.19. The summed E-state index contributed by atoms with van der Waals surface area (Å²) in [6, 6.07) is 0. The van der Waals surface area contributed by atoms with Gasteiger partial charge in [0.2, 0.25) is 0 Å². The van der Waals surface area contributed by atoms with E-state index in [2.05, 4.69) is 27.7 Å². The lowest BCUT2D eigenvalue weighted by Crippen LogP contribution is -2.26. The average Bonchev–Trinajstić information content (AvgIpc) is 1.82. The molecule has 0 amide bonds. The fraction of sp³-hybridized carbons (Fsp3) is 1.00. The Morgan fingerprint density at radius 1 is 1.42 bits per heavy atom. The highest BCUT2D eigenvalue weighted by atomic mass is 14.4. The van der Waals surface area contributed by atoms with E-state index in [4.69, 9.17) is 0 Å². The van der Waals surface area contributed by atoms with Crippen LogP contribution in [0.3, 0.4) is 0 Å². The first-order valence-electron chi connectivity index (χ1n) is 5.52. The lowest BCUT2D eigenvalue weighted by Gasteiger charge is -2.38. The highest BCUT2D eigenvalue weighted by Crippen LogP contribution is 2.43. The van der Waals surface area contributed by atoms with E-state index in [-0.39, 0.29) is 0 Å². The lowest BCUT2D eigenvalue weighted by atomic mass is 9.68. The molecule has 0 spiro atoms. The van der Waals surface area contributed by atoms with Gasteiger partial charge in [-0.15, -0.1) is 0 Å². The minimum Gasteiger partial charge on any atom is -0.0628 e. The van der Waals surface area contributed by atoms with Gasteiger partial charge in [-0.05, 0) is 36.5 Å². The standard InChI is InChI=1S/C12H24/c1-10(2)8-12(4)7-5-6-11(3)9-12/h10-11H,5-9H2,1-4H3. The van der Waals surface area contributed by atoms with Crippen molar-refractivity contribution in [2.45, 2.75) is 59.8 Å². The predicted molar refractivity (Wildman–Crippen MR) is 55.2 cm³/mol. The second kappa shape index (κ2) is 3.81. The molecule has 0 aromatic rings. The molecule has 0 nitrogen and oxygen atoms in total. The van der Waals surface area contributed by atoms with Crippen molar-refractivity contribution in [1.29, 1.82) is 0 Å². The normalized spacial score (nSPS) is 37.2. The van der Waals surface area contributed by atoms with Gasteiger partial charge in [-0.1, -0.05) is 40.5 Å². The van der Waals surface area contributed by atoms with Gasteiger partial charge in [0.1, 0.15) is 0 Å². The van der Waals surface area contributed by atoms with Crippen molar-refractivity contribution in [2.75, 3.05) is 0 Å². The summed E-state index contributed by atoms with van der Waals surface area (Å²) in [5, 5.41) is 0. The fourth-order valence-electron chi connectivity index (χ4n) is 3.09. The quantitative estimate of drug-likeness (QED) is 0.578. The van der Waals surface area contributed by atoms with Crippen LogP contribution in [0.1, 0.15) is 59.8 Å². The van der Waals surface area contributed by atoms with E-state index in [0.717, 1.165) is 11.8 Å². The van der Waals surface area contributed by atoms with Crippen LogP contribution in [-0.4, -0.2) is 0 Å². The molecular weight excluding hydrogens is 144 g/mol. The van der Waals surface area contributed by atoms with Gasteiger partial charge in [0.25, 0.3) is 0 Å². The van der Waals surface area contributed by atoms with Crippen LogP contribution in [0.2, 0.25) is 0 Å². The topological polar surface area (TPSA) is 0 Å². The van der Waals surface area contributed by atoms with E-state index in [0.29, 0.717) is 5.41 Å². The van der Waals surface area contributed by atoms with Gasteiger partial charge in [0.15, 0.2) is 0 Å². The predicted octanol–water partition coefficient (Wildman–Crippen LogP) is 4.25. The molecular formula is C12H24. The van der Waals surface area contributed by atoms with Crippen LogP contribution >= 0.6 is 0 Å². The Morgan fingerprint density at radius 2 is 2.08 bits per heavy atom. The molecule has 0 heterocycles. The molecule has 1 aliphatic rings. The van der Waals surface area contributed by atoms with Crippen molar-refractivity contribution in [3.8, 4) is 0 Å². The zero-order valence-corrected chi connectivity index (χ0v) is 9.19. The maximum absolute atomic E-state index is 2.49. The number of hydrogen-bond acceptors (Lipinski definition) is 0. The van der Waals surface area contributed by atoms with Crippen molar-refractivity contribution in [3.63, 3.8) is 0 Å². The monoisotopic (exact) mass is 168 g/mol. The first kappa shape index (κ1) is 10.1.